The van der Waals surface area contributed by atoms with Gasteiger partial charge in [0.2, 0.25) is 5.91 Å². The van der Waals surface area contributed by atoms with Crippen molar-refractivity contribution in [2.75, 3.05) is 13.2 Å². The van der Waals surface area contributed by atoms with Crippen LogP contribution in [-0.2, 0) is 4.79 Å². The van der Waals surface area contributed by atoms with Gasteiger partial charge in [0.1, 0.15) is 0 Å². The first-order chi connectivity index (χ1) is 9.13. The van der Waals surface area contributed by atoms with Gasteiger partial charge in [-0.3, -0.25) is 4.79 Å². The minimum Gasteiger partial charge on any atom is -0.396 e. The summed E-state index contributed by atoms with van der Waals surface area (Å²) >= 11 is 0. The number of rotatable bonds is 8. The molecule has 0 aliphatic heterocycles. The molecule has 1 aromatic carbocycles. The van der Waals surface area contributed by atoms with E-state index in [1.54, 1.807) is 0 Å². The molecule has 1 amide bonds. The number of hydrogen-bond donors (Lipinski definition) is 3. The van der Waals surface area contributed by atoms with Crippen LogP contribution in [0.25, 0.3) is 0 Å². The Morgan fingerprint density at radius 1 is 1.30 bits per heavy atom. The first-order valence-electron chi connectivity index (χ1n) is 6.81. The van der Waals surface area contributed by atoms with E-state index < -0.39 is 0 Å². The summed E-state index contributed by atoms with van der Waals surface area (Å²) in [6.07, 6.45) is 1.80. The normalized spacial score (nSPS) is 13.2. The van der Waals surface area contributed by atoms with Crippen molar-refractivity contribution >= 4 is 18.3 Å². The monoisotopic (exact) mass is 300 g/mol. The van der Waals surface area contributed by atoms with Crippen molar-refractivity contribution in [1.29, 1.82) is 0 Å². The lowest BCUT2D eigenvalue weighted by Crippen LogP contribution is -2.30. The van der Waals surface area contributed by atoms with Gasteiger partial charge in [-0.05, 0) is 25.3 Å². The Bertz CT molecular complexity index is 371. The van der Waals surface area contributed by atoms with Gasteiger partial charge in [0.05, 0.1) is 0 Å². The fourth-order valence-corrected chi connectivity index (χ4v) is 1.95. The molecule has 5 heteroatoms. The molecule has 0 heterocycles. The summed E-state index contributed by atoms with van der Waals surface area (Å²) in [6.45, 7) is 2.57. The average molecular weight is 301 g/mol. The largest absolute Gasteiger partial charge is 0.396 e. The van der Waals surface area contributed by atoms with Crippen molar-refractivity contribution in [2.45, 2.75) is 38.1 Å². The van der Waals surface area contributed by atoms with E-state index in [1.807, 2.05) is 37.3 Å². The highest BCUT2D eigenvalue weighted by atomic mass is 35.5. The Kier molecular flexibility index (Phi) is 10.1. The predicted molar refractivity (Wildman–Crippen MR) is 84.0 cm³/mol. The molecule has 1 aromatic rings. The Morgan fingerprint density at radius 2 is 1.95 bits per heavy atom. The van der Waals surface area contributed by atoms with E-state index in [9.17, 15) is 4.79 Å². The topological polar surface area (TPSA) is 75.4 Å². The molecular formula is C15H25ClN2O2. The summed E-state index contributed by atoms with van der Waals surface area (Å²) in [4.78, 5) is 11.7. The van der Waals surface area contributed by atoms with Crippen LogP contribution in [-0.4, -0.2) is 30.2 Å². The Morgan fingerprint density at radius 3 is 2.50 bits per heavy atom. The van der Waals surface area contributed by atoms with Crippen LogP contribution in [0.4, 0.5) is 0 Å². The number of aliphatic hydroxyl groups excluding tert-OH is 1. The van der Waals surface area contributed by atoms with E-state index >= 15 is 0 Å². The molecule has 0 fully saturated rings. The van der Waals surface area contributed by atoms with Crippen molar-refractivity contribution in [2.24, 2.45) is 5.73 Å². The second-order valence-corrected chi connectivity index (χ2v) is 4.94. The first kappa shape index (κ1) is 18.9. The molecule has 1 rings (SSSR count). The van der Waals surface area contributed by atoms with Crippen LogP contribution < -0.4 is 11.1 Å². The van der Waals surface area contributed by atoms with Gasteiger partial charge in [-0.2, -0.15) is 0 Å². The molecule has 0 saturated carbocycles. The number of amides is 1. The van der Waals surface area contributed by atoms with Crippen LogP contribution in [0.1, 0.15) is 37.7 Å². The van der Waals surface area contributed by atoms with E-state index in [-0.39, 0.29) is 36.9 Å². The SMILES string of the molecule is CC(N)CCC(=O)NCC(CCO)c1ccccc1.Cl. The van der Waals surface area contributed by atoms with E-state index in [1.165, 1.54) is 0 Å². The quantitative estimate of drug-likeness (QED) is 0.685. The van der Waals surface area contributed by atoms with E-state index in [4.69, 9.17) is 10.8 Å². The van der Waals surface area contributed by atoms with Crippen LogP contribution in [0.15, 0.2) is 30.3 Å². The third kappa shape index (κ3) is 7.48. The first-order valence-corrected chi connectivity index (χ1v) is 6.81. The lowest BCUT2D eigenvalue weighted by Gasteiger charge is -2.17. The van der Waals surface area contributed by atoms with Gasteiger partial charge in [0, 0.05) is 31.5 Å². The highest BCUT2D eigenvalue weighted by Crippen LogP contribution is 2.18. The summed E-state index contributed by atoms with van der Waals surface area (Å²) < 4.78 is 0. The molecule has 2 atom stereocenters. The lowest BCUT2D eigenvalue weighted by atomic mass is 9.96. The molecular weight excluding hydrogens is 276 g/mol. The number of carbonyl (C=O) groups excluding carboxylic acids is 1. The summed E-state index contributed by atoms with van der Waals surface area (Å²) in [5.41, 5.74) is 6.76. The van der Waals surface area contributed by atoms with E-state index in [2.05, 4.69) is 5.32 Å². The van der Waals surface area contributed by atoms with Gasteiger partial charge in [-0.25, -0.2) is 0 Å². The smallest absolute Gasteiger partial charge is 0.220 e. The highest BCUT2D eigenvalue weighted by Gasteiger charge is 2.12. The maximum absolute atomic E-state index is 11.7. The zero-order valence-corrected chi connectivity index (χ0v) is 12.7. The molecule has 0 aromatic heterocycles. The maximum atomic E-state index is 11.7. The average Bonchev–Trinajstić information content (AvgIpc) is 2.42. The molecule has 0 spiro atoms. The standard InChI is InChI=1S/C15H24N2O2.ClH/c1-12(16)7-8-15(19)17-11-14(9-10-18)13-5-3-2-4-6-13;/h2-6,12,14,18H,7-11,16H2,1H3,(H,17,19);1H. The number of nitrogens with two attached hydrogens (primary N) is 1. The molecule has 0 saturated heterocycles. The summed E-state index contributed by atoms with van der Waals surface area (Å²) in [5.74, 6) is 0.182. The fraction of sp³-hybridized carbons (Fsp3) is 0.533. The second-order valence-electron chi connectivity index (χ2n) is 4.94. The Labute approximate surface area is 127 Å². The molecule has 20 heavy (non-hydrogen) atoms. The van der Waals surface area contributed by atoms with Crippen molar-refractivity contribution in [1.82, 2.24) is 5.32 Å². The minimum atomic E-state index is 0. The third-order valence-electron chi connectivity index (χ3n) is 3.12. The number of halogens is 1. The molecule has 0 bridgehead atoms. The van der Waals surface area contributed by atoms with E-state index in [0.717, 1.165) is 5.56 Å². The molecule has 4 nitrogen and oxygen atoms in total. The van der Waals surface area contributed by atoms with Crippen molar-refractivity contribution in [3.8, 4) is 0 Å². The zero-order chi connectivity index (χ0) is 14.1. The van der Waals surface area contributed by atoms with Gasteiger partial charge < -0.3 is 16.2 Å². The van der Waals surface area contributed by atoms with Crippen LogP contribution in [0.3, 0.4) is 0 Å². The maximum Gasteiger partial charge on any atom is 0.220 e. The number of aliphatic hydroxyl groups is 1. The lowest BCUT2D eigenvalue weighted by molar-refractivity contribution is -0.121. The number of hydrogen-bond acceptors (Lipinski definition) is 3. The number of nitrogens with one attached hydrogen (secondary N) is 1. The van der Waals surface area contributed by atoms with Crippen LogP contribution in [0.2, 0.25) is 0 Å². The van der Waals surface area contributed by atoms with Crippen molar-refractivity contribution in [3.05, 3.63) is 35.9 Å². The minimum absolute atomic E-state index is 0. The van der Waals surface area contributed by atoms with E-state index in [0.29, 0.717) is 25.8 Å². The second kappa shape index (κ2) is 10.7. The molecule has 114 valence electrons. The third-order valence-corrected chi connectivity index (χ3v) is 3.12. The summed E-state index contributed by atoms with van der Waals surface area (Å²) in [5, 5.41) is 12.0. The number of carbonyl (C=O) groups is 1. The summed E-state index contributed by atoms with van der Waals surface area (Å²) in [7, 11) is 0. The van der Waals surface area contributed by atoms with Gasteiger partial charge in [0.25, 0.3) is 0 Å². The predicted octanol–water partition coefficient (Wildman–Crippen LogP) is 1.82. The molecule has 0 radical (unpaired) electrons. The molecule has 0 aliphatic rings. The molecule has 4 N–H and O–H groups in total. The highest BCUT2D eigenvalue weighted by molar-refractivity contribution is 5.85. The van der Waals surface area contributed by atoms with Gasteiger partial charge in [-0.1, -0.05) is 30.3 Å². The Balaban J connectivity index is 0.00000361. The summed E-state index contributed by atoms with van der Waals surface area (Å²) in [6, 6.07) is 9.99. The van der Waals surface area contributed by atoms with Gasteiger partial charge in [0.15, 0.2) is 0 Å². The number of benzene rings is 1. The van der Waals surface area contributed by atoms with Crippen LogP contribution in [0.5, 0.6) is 0 Å². The van der Waals surface area contributed by atoms with Crippen LogP contribution >= 0.6 is 12.4 Å². The van der Waals surface area contributed by atoms with Crippen molar-refractivity contribution < 1.29 is 9.90 Å². The van der Waals surface area contributed by atoms with Gasteiger partial charge in [-0.15, -0.1) is 12.4 Å². The Hall–Kier alpha value is -1.10. The zero-order valence-electron chi connectivity index (χ0n) is 11.9. The molecule has 0 aliphatic carbocycles. The fourth-order valence-electron chi connectivity index (χ4n) is 1.95. The van der Waals surface area contributed by atoms with Crippen molar-refractivity contribution in [3.63, 3.8) is 0 Å². The molecule has 2 unspecified atom stereocenters. The van der Waals surface area contributed by atoms with Gasteiger partial charge >= 0.3 is 0 Å². The van der Waals surface area contributed by atoms with Crippen LogP contribution in [0, 0.1) is 0 Å².